The summed E-state index contributed by atoms with van der Waals surface area (Å²) in [5.41, 5.74) is 1.29. The molecule has 0 atom stereocenters. The predicted octanol–water partition coefficient (Wildman–Crippen LogP) is 3.05. The summed E-state index contributed by atoms with van der Waals surface area (Å²) >= 11 is 9.37. The summed E-state index contributed by atoms with van der Waals surface area (Å²) in [6, 6.07) is 6.40. The molecule has 0 aliphatic heterocycles. The average Bonchev–Trinajstić information content (AvgIpc) is 2.79. The van der Waals surface area contributed by atoms with Crippen molar-refractivity contribution in [2.45, 2.75) is 0 Å². The Morgan fingerprint density at radius 2 is 1.95 bits per heavy atom. The van der Waals surface area contributed by atoms with Crippen LogP contribution in [0.5, 0.6) is 0 Å². The molecule has 1 heterocycles. The van der Waals surface area contributed by atoms with Crippen molar-refractivity contribution in [2.24, 2.45) is 7.05 Å². The fourth-order valence-corrected chi connectivity index (χ4v) is 2.53. The first kappa shape index (κ1) is 15.6. The van der Waals surface area contributed by atoms with Crippen LogP contribution in [-0.2, 0) is 7.05 Å². The second-order valence-electron chi connectivity index (χ2n) is 4.38. The van der Waals surface area contributed by atoms with Crippen LogP contribution in [0.2, 0.25) is 5.02 Å². The zero-order valence-corrected chi connectivity index (χ0v) is 13.7. The quantitative estimate of drug-likeness (QED) is 0.872. The minimum Gasteiger partial charge on any atom is -0.355 e. The third kappa shape index (κ3) is 3.46. The van der Waals surface area contributed by atoms with Crippen molar-refractivity contribution in [2.75, 3.05) is 12.4 Å². The van der Waals surface area contributed by atoms with Crippen molar-refractivity contribution in [3.8, 4) is 0 Å². The highest BCUT2D eigenvalue weighted by molar-refractivity contribution is 9.10. The number of carbonyl (C=O) groups excluding carboxylic acids is 2. The number of rotatable bonds is 3. The van der Waals surface area contributed by atoms with E-state index >= 15 is 0 Å². The SMILES string of the molecule is CNC(=O)c1ccc(Cl)c(NC(=O)c2cc(Br)cn2C)c1. The Balaban J connectivity index is 2.28. The molecule has 0 unspecified atom stereocenters. The van der Waals surface area contributed by atoms with Gasteiger partial charge in [-0.05, 0) is 40.2 Å². The lowest BCUT2D eigenvalue weighted by Crippen LogP contribution is -2.19. The Morgan fingerprint density at radius 1 is 1.24 bits per heavy atom. The number of aromatic nitrogens is 1. The lowest BCUT2D eigenvalue weighted by Gasteiger charge is -2.09. The largest absolute Gasteiger partial charge is 0.355 e. The molecule has 0 radical (unpaired) electrons. The topological polar surface area (TPSA) is 63.1 Å². The van der Waals surface area contributed by atoms with E-state index < -0.39 is 0 Å². The molecule has 2 amide bonds. The van der Waals surface area contributed by atoms with E-state index in [2.05, 4.69) is 26.6 Å². The van der Waals surface area contributed by atoms with E-state index in [1.54, 1.807) is 36.0 Å². The Hall–Kier alpha value is -1.79. The van der Waals surface area contributed by atoms with Gasteiger partial charge < -0.3 is 15.2 Å². The minimum absolute atomic E-state index is 0.247. The number of halogens is 2. The molecule has 1 aromatic carbocycles. The van der Waals surface area contributed by atoms with Gasteiger partial charge in [-0.1, -0.05) is 11.6 Å². The van der Waals surface area contributed by atoms with E-state index in [1.807, 2.05) is 0 Å². The Labute approximate surface area is 135 Å². The highest BCUT2D eigenvalue weighted by atomic mass is 79.9. The third-order valence-electron chi connectivity index (χ3n) is 2.91. The van der Waals surface area contributed by atoms with Crippen LogP contribution in [0.1, 0.15) is 20.8 Å². The number of nitrogens with one attached hydrogen (secondary N) is 2. The number of anilines is 1. The molecule has 21 heavy (non-hydrogen) atoms. The molecule has 0 fully saturated rings. The average molecular weight is 371 g/mol. The van der Waals surface area contributed by atoms with E-state index in [1.165, 1.54) is 13.1 Å². The smallest absolute Gasteiger partial charge is 0.272 e. The van der Waals surface area contributed by atoms with Gasteiger partial charge >= 0.3 is 0 Å². The number of carbonyl (C=O) groups is 2. The fourth-order valence-electron chi connectivity index (χ4n) is 1.84. The van der Waals surface area contributed by atoms with Crippen molar-refractivity contribution in [3.05, 3.63) is 51.2 Å². The van der Waals surface area contributed by atoms with Crippen LogP contribution in [0.3, 0.4) is 0 Å². The molecule has 7 heteroatoms. The maximum absolute atomic E-state index is 12.2. The Kier molecular flexibility index (Phi) is 4.69. The van der Waals surface area contributed by atoms with Crippen LogP contribution in [0.4, 0.5) is 5.69 Å². The maximum atomic E-state index is 12.2. The van der Waals surface area contributed by atoms with Crippen molar-refractivity contribution in [1.82, 2.24) is 9.88 Å². The van der Waals surface area contributed by atoms with Crippen LogP contribution >= 0.6 is 27.5 Å². The normalized spacial score (nSPS) is 10.3. The number of hydrogen-bond acceptors (Lipinski definition) is 2. The number of nitrogens with zero attached hydrogens (tertiary/aromatic N) is 1. The van der Waals surface area contributed by atoms with Crippen molar-refractivity contribution < 1.29 is 9.59 Å². The van der Waals surface area contributed by atoms with Crippen LogP contribution in [0.25, 0.3) is 0 Å². The molecule has 0 saturated carbocycles. The van der Waals surface area contributed by atoms with Gasteiger partial charge in [0.2, 0.25) is 0 Å². The summed E-state index contributed by atoms with van der Waals surface area (Å²) in [5, 5.41) is 5.59. The number of amides is 2. The van der Waals surface area contributed by atoms with Crippen molar-refractivity contribution >= 4 is 45.0 Å². The maximum Gasteiger partial charge on any atom is 0.272 e. The molecule has 0 aliphatic carbocycles. The molecule has 2 aromatic rings. The van der Waals surface area contributed by atoms with Gasteiger partial charge in [-0.25, -0.2) is 0 Å². The molecule has 2 rings (SSSR count). The van der Waals surface area contributed by atoms with Gasteiger partial charge in [-0.15, -0.1) is 0 Å². The first-order valence-corrected chi connectivity index (χ1v) is 7.24. The standard InChI is InChI=1S/C14H13BrClN3O2/c1-17-13(20)8-3-4-10(16)11(5-8)18-14(21)12-6-9(15)7-19(12)2/h3-7H,1-2H3,(H,17,20)(H,18,21). The van der Waals surface area contributed by atoms with Gasteiger partial charge in [-0.2, -0.15) is 0 Å². The zero-order valence-electron chi connectivity index (χ0n) is 11.4. The van der Waals surface area contributed by atoms with Gasteiger partial charge in [0.25, 0.3) is 11.8 Å². The van der Waals surface area contributed by atoms with Gasteiger partial charge in [0.15, 0.2) is 0 Å². The second kappa shape index (κ2) is 6.32. The number of aryl methyl sites for hydroxylation is 1. The summed E-state index contributed by atoms with van der Waals surface area (Å²) in [6.07, 6.45) is 1.78. The molecule has 110 valence electrons. The summed E-state index contributed by atoms with van der Waals surface area (Å²) in [5.74, 6) is -0.553. The van der Waals surface area contributed by atoms with Gasteiger partial charge in [-0.3, -0.25) is 9.59 Å². The summed E-state index contributed by atoms with van der Waals surface area (Å²) in [6.45, 7) is 0. The van der Waals surface area contributed by atoms with E-state index in [9.17, 15) is 9.59 Å². The molecule has 0 saturated heterocycles. The van der Waals surface area contributed by atoms with E-state index in [0.717, 1.165) is 4.47 Å². The van der Waals surface area contributed by atoms with Crippen LogP contribution in [0, 0.1) is 0 Å². The molecule has 0 bridgehead atoms. The lowest BCUT2D eigenvalue weighted by atomic mass is 10.2. The van der Waals surface area contributed by atoms with Crippen LogP contribution in [0.15, 0.2) is 34.9 Å². The minimum atomic E-state index is -0.306. The highest BCUT2D eigenvalue weighted by Gasteiger charge is 2.14. The zero-order chi connectivity index (χ0) is 15.6. The summed E-state index contributed by atoms with van der Waals surface area (Å²) < 4.78 is 2.50. The van der Waals surface area contributed by atoms with Gasteiger partial charge in [0, 0.05) is 30.3 Å². The molecule has 0 spiro atoms. The van der Waals surface area contributed by atoms with Gasteiger partial charge in [0.1, 0.15) is 5.69 Å². The molecule has 1 aromatic heterocycles. The van der Waals surface area contributed by atoms with Crippen LogP contribution in [-0.4, -0.2) is 23.4 Å². The molecule has 5 nitrogen and oxygen atoms in total. The number of benzene rings is 1. The summed E-state index contributed by atoms with van der Waals surface area (Å²) in [7, 11) is 3.30. The fraction of sp³-hybridized carbons (Fsp3) is 0.143. The van der Waals surface area contributed by atoms with Crippen molar-refractivity contribution in [1.29, 1.82) is 0 Å². The van der Waals surface area contributed by atoms with E-state index in [4.69, 9.17) is 11.6 Å². The Morgan fingerprint density at radius 3 is 2.52 bits per heavy atom. The first-order valence-electron chi connectivity index (χ1n) is 6.07. The monoisotopic (exact) mass is 369 g/mol. The Bertz CT molecular complexity index is 712. The predicted molar refractivity (Wildman–Crippen MR) is 85.9 cm³/mol. The van der Waals surface area contributed by atoms with E-state index in [-0.39, 0.29) is 11.8 Å². The molecular weight excluding hydrogens is 358 g/mol. The number of hydrogen-bond donors (Lipinski definition) is 2. The molecule has 2 N–H and O–H groups in total. The molecule has 0 aliphatic rings. The highest BCUT2D eigenvalue weighted by Crippen LogP contribution is 2.24. The van der Waals surface area contributed by atoms with E-state index in [0.29, 0.717) is 22.0 Å². The van der Waals surface area contributed by atoms with Crippen LogP contribution < -0.4 is 10.6 Å². The first-order chi connectivity index (χ1) is 9.92. The van der Waals surface area contributed by atoms with Gasteiger partial charge in [0.05, 0.1) is 10.7 Å². The third-order valence-corrected chi connectivity index (χ3v) is 3.67. The van der Waals surface area contributed by atoms with Crippen molar-refractivity contribution in [3.63, 3.8) is 0 Å². The molecular formula is C14H13BrClN3O2. The lowest BCUT2D eigenvalue weighted by molar-refractivity contribution is 0.0961. The summed E-state index contributed by atoms with van der Waals surface area (Å²) in [4.78, 5) is 23.9. The second-order valence-corrected chi connectivity index (χ2v) is 5.71.